The van der Waals surface area contributed by atoms with Crippen LogP contribution in [0.25, 0.3) is 16.9 Å². The van der Waals surface area contributed by atoms with Crippen LogP contribution in [-0.4, -0.2) is 57.2 Å². The Morgan fingerprint density at radius 3 is 2.61 bits per heavy atom. The zero-order valence-electron chi connectivity index (χ0n) is 18.7. The predicted octanol–water partition coefficient (Wildman–Crippen LogP) is 2.57. The third-order valence-electron chi connectivity index (χ3n) is 6.57. The molecule has 33 heavy (non-hydrogen) atoms. The Hall–Kier alpha value is -3.14. The number of hydrogen-bond acceptors (Lipinski definition) is 7. The maximum absolute atomic E-state index is 13.1. The quantitative estimate of drug-likeness (QED) is 0.501. The minimum Gasteiger partial charge on any atom is -0.469 e. The highest BCUT2D eigenvalue weighted by Gasteiger charge is 2.24. The molecule has 0 bridgehead atoms. The van der Waals surface area contributed by atoms with E-state index in [-0.39, 0.29) is 5.56 Å². The molecule has 6 rings (SSSR count). The number of nitrogens with zero attached hydrogens (tertiary/aromatic N) is 4. The summed E-state index contributed by atoms with van der Waals surface area (Å²) >= 11 is 0. The van der Waals surface area contributed by atoms with Crippen LogP contribution in [-0.2, 0) is 30.8 Å². The molecule has 0 aromatic carbocycles. The van der Waals surface area contributed by atoms with E-state index in [0.29, 0.717) is 25.2 Å². The zero-order chi connectivity index (χ0) is 22.4. The maximum atomic E-state index is 13.1. The fourth-order valence-electron chi connectivity index (χ4n) is 4.78. The smallest absolute Gasteiger partial charge is 0.276 e. The normalized spacial score (nSPS) is 17.6. The molecule has 0 amide bonds. The molecule has 1 fully saturated rings. The number of H-pyrrole nitrogens is 1. The third kappa shape index (κ3) is 3.92. The van der Waals surface area contributed by atoms with Gasteiger partial charge in [0.1, 0.15) is 17.3 Å². The molecule has 0 saturated carbocycles. The highest BCUT2D eigenvalue weighted by atomic mass is 16.5. The van der Waals surface area contributed by atoms with Crippen LogP contribution in [0.15, 0.2) is 44.2 Å². The van der Waals surface area contributed by atoms with Gasteiger partial charge in [-0.2, -0.15) is 0 Å². The molecule has 0 radical (unpaired) electrons. The van der Waals surface area contributed by atoms with Crippen LogP contribution >= 0.6 is 0 Å². The maximum Gasteiger partial charge on any atom is 0.276 e. The second kappa shape index (κ2) is 8.33. The fourth-order valence-corrected chi connectivity index (χ4v) is 4.78. The standard InChI is InChI=1S/C24H27N5O4/c1-16-19(5-9-32-16)21-12-23-25-22-15-28(6-4-20(22)24(30)29(23)26-21)14-18-3-2-17(33-18)13-27-7-10-31-11-8-27/h2-3,5,9,12,26H,4,6-8,10-11,13-15H2,1H3. The Labute approximate surface area is 190 Å². The van der Waals surface area contributed by atoms with Crippen molar-refractivity contribution in [1.82, 2.24) is 24.4 Å². The Balaban J connectivity index is 1.19. The van der Waals surface area contributed by atoms with Gasteiger partial charge in [0.25, 0.3) is 5.56 Å². The lowest BCUT2D eigenvalue weighted by molar-refractivity contribution is 0.0310. The Bertz CT molecular complexity index is 1340. The molecule has 6 heterocycles. The van der Waals surface area contributed by atoms with Crippen molar-refractivity contribution in [3.8, 4) is 11.3 Å². The Morgan fingerprint density at radius 2 is 1.85 bits per heavy atom. The van der Waals surface area contributed by atoms with Gasteiger partial charge in [0.2, 0.25) is 0 Å². The second-order valence-corrected chi connectivity index (χ2v) is 8.81. The van der Waals surface area contributed by atoms with Gasteiger partial charge in [0, 0.05) is 43.4 Å². The highest BCUT2D eigenvalue weighted by Crippen LogP contribution is 2.25. The number of aromatic nitrogens is 3. The minimum absolute atomic E-state index is 0.0205. The van der Waals surface area contributed by atoms with Crippen LogP contribution in [0.1, 0.15) is 28.5 Å². The number of rotatable bonds is 5. The zero-order valence-corrected chi connectivity index (χ0v) is 18.7. The number of ether oxygens (including phenoxy) is 1. The Morgan fingerprint density at radius 1 is 1.06 bits per heavy atom. The lowest BCUT2D eigenvalue weighted by Crippen LogP contribution is -2.36. The minimum atomic E-state index is -0.0205. The summed E-state index contributed by atoms with van der Waals surface area (Å²) in [6.07, 6.45) is 2.32. The van der Waals surface area contributed by atoms with E-state index in [9.17, 15) is 4.79 Å². The highest BCUT2D eigenvalue weighted by molar-refractivity contribution is 5.65. The molecule has 0 unspecified atom stereocenters. The molecule has 9 heteroatoms. The lowest BCUT2D eigenvalue weighted by atomic mass is 10.1. The summed E-state index contributed by atoms with van der Waals surface area (Å²) < 4.78 is 18.5. The average Bonchev–Trinajstić information content (AvgIpc) is 3.54. The molecule has 172 valence electrons. The molecule has 1 N–H and O–H groups in total. The van der Waals surface area contributed by atoms with E-state index in [1.54, 1.807) is 10.8 Å². The van der Waals surface area contributed by atoms with Gasteiger partial charge in [-0.25, -0.2) is 9.50 Å². The molecule has 1 saturated heterocycles. The molecule has 0 spiro atoms. The number of nitrogens with one attached hydrogen (secondary N) is 1. The lowest BCUT2D eigenvalue weighted by Gasteiger charge is -2.27. The number of furan rings is 2. The number of hydrogen-bond donors (Lipinski definition) is 1. The Kier molecular flexibility index (Phi) is 5.17. The van der Waals surface area contributed by atoms with Crippen LogP contribution in [0.3, 0.4) is 0 Å². The summed E-state index contributed by atoms with van der Waals surface area (Å²) in [4.78, 5) is 22.6. The molecule has 4 aromatic heterocycles. The molecular formula is C24H27N5O4. The van der Waals surface area contributed by atoms with Crippen molar-refractivity contribution < 1.29 is 13.6 Å². The van der Waals surface area contributed by atoms with E-state index in [0.717, 1.165) is 79.2 Å². The first-order valence-corrected chi connectivity index (χ1v) is 11.4. The number of aryl methyl sites for hydroxylation is 1. The summed E-state index contributed by atoms with van der Waals surface area (Å²) in [6.45, 7) is 8.29. The average molecular weight is 450 g/mol. The monoisotopic (exact) mass is 449 g/mol. The van der Waals surface area contributed by atoms with Crippen molar-refractivity contribution in [2.45, 2.75) is 33.0 Å². The van der Waals surface area contributed by atoms with E-state index in [2.05, 4.69) is 27.0 Å². The van der Waals surface area contributed by atoms with Crippen molar-refractivity contribution in [2.75, 3.05) is 32.8 Å². The number of aromatic amines is 1. The molecule has 2 aliphatic heterocycles. The van der Waals surface area contributed by atoms with E-state index in [1.807, 2.05) is 19.1 Å². The van der Waals surface area contributed by atoms with Crippen molar-refractivity contribution in [1.29, 1.82) is 0 Å². The molecule has 0 aliphatic carbocycles. The predicted molar refractivity (Wildman–Crippen MR) is 121 cm³/mol. The van der Waals surface area contributed by atoms with Gasteiger partial charge in [-0.3, -0.25) is 19.7 Å². The van der Waals surface area contributed by atoms with Crippen LogP contribution in [0.2, 0.25) is 0 Å². The molecule has 2 aliphatic rings. The largest absolute Gasteiger partial charge is 0.469 e. The van der Waals surface area contributed by atoms with Gasteiger partial charge in [0.05, 0.1) is 44.0 Å². The van der Waals surface area contributed by atoms with Gasteiger partial charge >= 0.3 is 0 Å². The summed E-state index contributed by atoms with van der Waals surface area (Å²) in [6, 6.07) is 7.92. The first-order chi connectivity index (χ1) is 16.1. The van der Waals surface area contributed by atoms with E-state index in [1.165, 1.54) is 0 Å². The molecule has 0 atom stereocenters. The van der Waals surface area contributed by atoms with E-state index >= 15 is 0 Å². The van der Waals surface area contributed by atoms with Crippen molar-refractivity contribution >= 4 is 5.65 Å². The molecule has 9 nitrogen and oxygen atoms in total. The molecular weight excluding hydrogens is 422 g/mol. The number of fused-ring (bicyclic) bond motifs is 2. The van der Waals surface area contributed by atoms with Crippen molar-refractivity contribution in [3.63, 3.8) is 0 Å². The van der Waals surface area contributed by atoms with Crippen LogP contribution < -0.4 is 5.56 Å². The summed E-state index contributed by atoms with van der Waals surface area (Å²) in [5.41, 5.74) is 4.00. The number of morpholine rings is 1. The van der Waals surface area contributed by atoms with Crippen molar-refractivity contribution in [3.05, 3.63) is 69.4 Å². The van der Waals surface area contributed by atoms with Gasteiger partial charge < -0.3 is 13.6 Å². The second-order valence-electron chi connectivity index (χ2n) is 8.81. The van der Waals surface area contributed by atoms with E-state index < -0.39 is 0 Å². The first kappa shape index (κ1) is 20.5. The van der Waals surface area contributed by atoms with Crippen LogP contribution in [0.4, 0.5) is 0 Å². The van der Waals surface area contributed by atoms with Gasteiger partial charge in [0.15, 0.2) is 5.65 Å². The van der Waals surface area contributed by atoms with Crippen LogP contribution in [0.5, 0.6) is 0 Å². The van der Waals surface area contributed by atoms with Gasteiger partial charge in [-0.15, -0.1) is 0 Å². The third-order valence-corrected chi connectivity index (χ3v) is 6.57. The van der Waals surface area contributed by atoms with Gasteiger partial charge in [-0.05, 0) is 31.5 Å². The van der Waals surface area contributed by atoms with Crippen molar-refractivity contribution in [2.24, 2.45) is 0 Å². The van der Waals surface area contributed by atoms with E-state index in [4.69, 9.17) is 18.6 Å². The van der Waals surface area contributed by atoms with Gasteiger partial charge in [-0.1, -0.05) is 0 Å². The summed E-state index contributed by atoms with van der Waals surface area (Å²) in [5.74, 6) is 2.73. The first-order valence-electron chi connectivity index (χ1n) is 11.4. The SMILES string of the molecule is Cc1occc1-c1cc2nc3c(c(=O)n2[nH]1)CCN(Cc1ccc(CN2CCOCC2)o1)C3. The fraction of sp³-hybridized carbons (Fsp3) is 0.417. The summed E-state index contributed by atoms with van der Waals surface area (Å²) in [7, 11) is 0. The summed E-state index contributed by atoms with van der Waals surface area (Å²) in [5, 5.41) is 3.19. The van der Waals surface area contributed by atoms with Crippen LogP contribution in [0, 0.1) is 6.92 Å². The molecule has 4 aromatic rings. The topological polar surface area (TPSA) is 92.2 Å².